The molecule has 0 aliphatic heterocycles. The fourth-order valence-electron chi connectivity index (χ4n) is 2.13. The summed E-state index contributed by atoms with van der Waals surface area (Å²) < 4.78 is 60.5. The van der Waals surface area contributed by atoms with E-state index >= 15 is 0 Å². The van der Waals surface area contributed by atoms with Crippen molar-refractivity contribution in [1.29, 1.82) is 0 Å². The second-order valence-corrected chi connectivity index (χ2v) is 6.72. The fraction of sp³-hybridized carbons (Fsp3) is 0.0667. The summed E-state index contributed by atoms with van der Waals surface area (Å²) in [6, 6.07) is 8.75. The number of halogens is 3. The number of rotatable bonds is 3. The number of nitrogens with two attached hydrogens (primary N) is 1. The van der Waals surface area contributed by atoms with Gasteiger partial charge in [-0.05, 0) is 42.5 Å². The van der Waals surface area contributed by atoms with Gasteiger partial charge in [0.2, 0.25) is 16.0 Å². The highest BCUT2D eigenvalue weighted by molar-refractivity contribution is 7.89. The average molecular weight is 368 g/mol. The van der Waals surface area contributed by atoms with Crippen molar-refractivity contribution in [3.05, 3.63) is 54.2 Å². The normalized spacial score (nSPS) is 12.3. The van der Waals surface area contributed by atoms with E-state index in [1.165, 1.54) is 36.5 Å². The number of fused-ring (bicyclic) bond motifs is 1. The molecular weight excluding hydrogens is 357 g/mol. The van der Waals surface area contributed by atoms with Crippen molar-refractivity contribution >= 4 is 32.6 Å². The van der Waals surface area contributed by atoms with Crippen molar-refractivity contribution < 1.29 is 21.6 Å². The molecule has 1 heterocycles. The number of benzene rings is 2. The third-order valence-corrected chi connectivity index (χ3v) is 4.28. The minimum absolute atomic E-state index is 0.0443. The lowest BCUT2D eigenvalue weighted by atomic mass is 10.1. The van der Waals surface area contributed by atoms with E-state index in [0.29, 0.717) is 11.2 Å². The third-order valence-electron chi connectivity index (χ3n) is 3.35. The quantitative estimate of drug-likeness (QED) is 0.740. The highest BCUT2D eigenvalue weighted by atomic mass is 32.2. The molecule has 0 aliphatic carbocycles. The van der Waals surface area contributed by atoms with Crippen LogP contribution in [-0.2, 0) is 16.2 Å². The fourth-order valence-corrected chi connectivity index (χ4v) is 2.64. The van der Waals surface area contributed by atoms with Gasteiger partial charge >= 0.3 is 6.18 Å². The Morgan fingerprint density at radius 2 is 1.72 bits per heavy atom. The van der Waals surface area contributed by atoms with Crippen molar-refractivity contribution in [2.75, 3.05) is 5.32 Å². The number of hydrogen-bond donors (Lipinski definition) is 2. The SMILES string of the molecule is NS(=O)(=O)c1ccc(Nc2ncc3cc(C(F)(F)F)ccc3n2)cc1. The number of nitrogens with one attached hydrogen (secondary N) is 1. The van der Waals surface area contributed by atoms with Crippen LogP contribution in [0.2, 0.25) is 0 Å². The maximum Gasteiger partial charge on any atom is 0.416 e. The van der Waals surface area contributed by atoms with Crippen molar-refractivity contribution in [2.24, 2.45) is 5.14 Å². The number of hydrogen-bond acceptors (Lipinski definition) is 5. The van der Waals surface area contributed by atoms with E-state index in [9.17, 15) is 21.6 Å². The molecule has 3 N–H and O–H groups in total. The maximum absolute atomic E-state index is 12.7. The zero-order valence-corrected chi connectivity index (χ0v) is 13.3. The van der Waals surface area contributed by atoms with Crippen LogP contribution >= 0.6 is 0 Å². The van der Waals surface area contributed by atoms with Gasteiger partial charge in [-0.3, -0.25) is 0 Å². The topological polar surface area (TPSA) is 98.0 Å². The Labute approximate surface area is 140 Å². The Morgan fingerprint density at radius 3 is 2.32 bits per heavy atom. The molecule has 1 aromatic heterocycles. The van der Waals surface area contributed by atoms with Crippen LogP contribution in [0.1, 0.15) is 5.56 Å². The van der Waals surface area contributed by atoms with Gasteiger partial charge in [0.1, 0.15) is 0 Å². The van der Waals surface area contributed by atoms with Gasteiger partial charge in [-0.25, -0.2) is 23.5 Å². The molecule has 0 fully saturated rings. The van der Waals surface area contributed by atoms with Crippen LogP contribution in [0.25, 0.3) is 10.9 Å². The summed E-state index contributed by atoms with van der Waals surface area (Å²) in [7, 11) is -3.79. The predicted octanol–water partition coefficient (Wildman–Crippen LogP) is 3.04. The standard InChI is InChI=1S/C15H11F3N4O2S/c16-15(17,18)10-1-6-13-9(7-10)8-20-14(22-13)21-11-2-4-12(5-3-11)25(19,23)24/h1-8H,(H2,19,23,24)(H,20,21,22). The van der Waals surface area contributed by atoms with Crippen LogP contribution in [0.4, 0.5) is 24.8 Å². The number of primary sulfonamides is 1. The molecule has 6 nitrogen and oxygen atoms in total. The number of alkyl halides is 3. The zero-order chi connectivity index (χ0) is 18.2. The van der Waals surface area contributed by atoms with Gasteiger partial charge in [0.25, 0.3) is 0 Å². The first-order valence-corrected chi connectivity index (χ1v) is 8.41. The summed E-state index contributed by atoms with van der Waals surface area (Å²) in [6.45, 7) is 0. The molecule has 0 radical (unpaired) electrons. The van der Waals surface area contributed by atoms with Crippen LogP contribution in [0.3, 0.4) is 0 Å². The van der Waals surface area contributed by atoms with E-state index < -0.39 is 21.8 Å². The van der Waals surface area contributed by atoms with E-state index in [0.717, 1.165) is 12.1 Å². The Morgan fingerprint density at radius 1 is 1.04 bits per heavy atom. The molecule has 0 spiro atoms. The first kappa shape index (κ1) is 17.1. The molecule has 0 unspecified atom stereocenters. The number of sulfonamides is 1. The summed E-state index contributed by atoms with van der Waals surface area (Å²) in [5.41, 5.74) is 0.0632. The van der Waals surface area contributed by atoms with Crippen molar-refractivity contribution in [3.8, 4) is 0 Å². The summed E-state index contributed by atoms with van der Waals surface area (Å²) in [4.78, 5) is 8.05. The molecule has 0 atom stereocenters. The highest BCUT2D eigenvalue weighted by Crippen LogP contribution is 2.31. The smallest absolute Gasteiger partial charge is 0.324 e. The molecule has 2 aromatic carbocycles. The van der Waals surface area contributed by atoms with E-state index in [-0.39, 0.29) is 16.2 Å². The lowest BCUT2D eigenvalue weighted by Crippen LogP contribution is -2.11. The lowest BCUT2D eigenvalue weighted by molar-refractivity contribution is -0.137. The second-order valence-electron chi connectivity index (χ2n) is 5.16. The van der Waals surface area contributed by atoms with Gasteiger partial charge in [0.05, 0.1) is 16.0 Å². The van der Waals surface area contributed by atoms with Crippen LogP contribution in [0, 0.1) is 0 Å². The molecular formula is C15H11F3N4O2S. The second kappa shape index (κ2) is 5.97. The number of nitrogens with zero attached hydrogens (tertiary/aromatic N) is 2. The highest BCUT2D eigenvalue weighted by Gasteiger charge is 2.30. The van der Waals surface area contributed by atoms with Gasteiger partial charge in [-0.2, -0.15) is 13.2 Å². The van der Waals surface area contributed by atoms with Crippen LogP contribution in [0.15, 0.2) is 53.6 Å². The van der Waals surface area contributed by atoms with Crippen LogP contribution in [-0.4, -0.2) is 18.4 Å². The molecule has 130 valence electrons. The lowest BCUT2D eigenvalue weighted by Gasteiger charge is -2.09. The first-order valence-electron chi connectivity index (χ1n) is 6.87. The zero-order valence-electron chi connectivity index (χ0n) is 12.4. The number of anilines is 2. The molecule has 0 amide bonds. The maximum atomic E-state index is 12.7. The number of aromatic nitrogens is 2. The van der Waals surface area contributed by atoms with Crippen LogP contribution in [0.5, 0.6) is 0 Å². The molecule has 10 heteroatoms. The van der Waals surface area contributed by atoms with Crippen molar-refractivity contribution in [3.63, 3.8) is 0 Å². The molecule has 0 saturated heterocycles. The van der Waals surface area contributed by atoms with E-state index in [4.69, 9.17) is 5.14 Å². The molecule has 0 aliphatic rings. The van der Waals surface area contributed by atoms with Gasteiger partial charge in [0, 0.05) is 17.3 Å². The first-order chi connectivity index (χ1) is 11.6. The van der Waals surface area contributed by atoms with Crippen LogP contribution < -0.4 is 10.5 Å². The minimum Gasteiger partial charge on any atom is -0.324 e. The third kappa shape index (κ3) is 3.86. The van der Waals surface area contributed by atoms with Gasteiger partial charge in [-0.15, -0.1) is 0 Å². The molecule has 3 aromatic rings. The van der Waals surface area contributed by atoms with Crippen molar-refractivity contribution in [2.45, 2.75) is 11.1 Å². The monoisotopic (exact) mass is 368 g/mol. The molecule has 0 saturated carbocycles. The van der Waals surface area contributed by atoms with E-state index in [1.54, 1.807) is 0 Å². The van der Waals surface area contributed by atoms with Gasteiger partial charge in [0.15, 0.2) is 0 Å². The van der Waals surface area contributed by atoms with Gasteiger partial charge < -0.3 is 5.32 Å². The van der Waals surface area contributed by atoms with Crippen molar-refractivity contribution in [1.82, 2.24) is 9.97 Å². The van der Waals surface area contributed by atoms with Gasteiger partial charge in [-0.1, -0.05) is 0 Å². The summed E-state index contributed by atoms with van der Waals surface area (Å²) >= 11 is 0. The Bertz CT molecular complexity index is 1030. The Kier molecular flexibility index (Phi) is 4.09. The average Bonchev–Trinajstić information content (AvgIpc) is 2.53. The van der Waals surface area contributed by atoms with E-state index in [1.807, 2.05) is 0 Å². The Balaban J connectivity index is 1.87. The predicted molar refractivity (Wildman–Crippen MR) is 85.6 cm³/mol. The largest absolute Gasteiger partial charge is 0.416 e. The summed E-state index contributed by atoms with van der Waals surface area (Å²) in [5, 5.41) is 8.11. The Hall–Kier alpha value is -2.72. The van der Waals surface area contributed by atoms with E-state index in [2.05, 4.69) is 15.3 Å². The molecule has 0 bridgehead atoms. The summed E-state index contributed by atoms with van der Waals surface area (Å²) in [5.74, 6) is 0.163. The minimum atomic E-state index is -4.43. The molecule has 3 rings (SSSR count). The summed E-state index contributed by atoms with van der Waals surface area (Å²) in [6.07, 6.45) is -3.16. The molecule has 25 heavy (non-hydrogen) atoms.